The Bertz CT molecular complexity index is 1380. The summed E-state index contributed by atoms with van der Waals surface area (Å²) in [5, 5.41) is 2.16. The molecule has 200 valence electrons. The lowest BCUT2D eigenvalue weighted by molar-refractivity contribution is 0.0832. The number of rotatable bonds is 9. The van der Waals surface area contributed by atoms with E-state index in [9.17, 15) is 4.79 Å². The van der Waals surface area contributed by atoms with Gasteiger partial charge in [-0.2, -0.15) is 0 Å². The van der Waals surface area contributed by atoms with Crippen molar-refractivity contribution < 1.29 is 18.4 Å². The van der Waals surface area contributed by atoms with E-state index in [0.29, 0.717) is 29.0 Å². The largest absolute Gasteiger partial charge is 0.497 e. The Labute approximate surface area is 228 Å². The van der Waals surface area contributed by atoms with Gasteiger partial charge in [-0.3, -0.25) is 4.79 Å². The molecule has 0 atom stereocenters. The van der Waals surface area contributed by atoms with Gasteiger partial charge in [0.15, 0.2) is 5.76 Å². The molecule has 0 N–H and O–H groups in total. The minimum absolute atomic E-state index is 0.0161. The lowest BCUT2D eigenvalue weighted by Crippen LogP contribution is -2.55. The van der Waals surface area contributed by atoms with Gasteiger partial charge in [0, 0.05) is 16.4 Å². The van der Waals surface area contributed by atoms with E-state index in [1.807, 2.05) is 57.2 Å². The predicted molar refractivity (Wildman–Crippen MR) is 159 cm³/mol. The van der Waals surface area contributed by atoms with Crippen molar-refractivity contribution in [2.45, 2.75) is 66.2 Å². The smallest absolute Gasteiger partial charge is 0.229 e. The van der Waals surface area contributed by atoms with Gasteiger partial charge in [0.05, 0.1) is 13.7 Å². The first-order chi connectivity index (χ1) is 18.0. The molecule has 0 unspecified atom stereocenters. The molecule has 4 nitrogen and oxygen atoms in total. The van der Waals surface area contributed by atoms with Crippen LogP contribution in [0, 0.1) is 5.41 Å². The topological polar surface area (TPSA) is 48.7 Å². The van der Waals surface area contributed by atoms with Crippen LogP contribution in [0.1, 0.15) is 64.6 Å². The quantitative estimate of drug-likeness (QED) is 0.161. The van der Waals surface area contributed by atoms with Crippen LogP contribution in [0.5, 0.6) is 5.75 Å². The zero-order valence-electron chi connectivity index (χ0n) is 23.9. The first kappa shape index (κ1) is 27.9. The maximum Gasteiger partial charge on any atom is 0.229 e. The van der Waals surface area contributed by atoms with E-state index in [1.165, 1.54) is 10.8 Å². The molecule has 5 heteroatoms. The average molecular weight is 529 g/mol. The summed E-state index contributed by atoms with van der Waals surface area (Å²) in [7, 11) is -0.813. The van der Waals surface area contributed by atoms with Crippen LogP contribution in [0.2, 0.25) is 11.1 Å². The first-order valence-electron chi connectivity index (χ1n) is 13.4. The summed E-state index contributed by atoms with van der Waals surface area (Å²) in [6.07, 6.45) is 0. The Morgan fingerprint density at radius 1 is 0.895 bits per heavy atom. The second kappa shape index (κ2) is 10.9. The van der Waals surface area contributed by atoms with Crippen LogP contribution >= 0.6 is 0 Å². The molecule has 38 heavy (non-hydrogen) atoms. The van der Waals surface area contributed by atoms with E-state index >= 15 is 0 Å². The maximum absolute atomic E-state index is 13.6. The number of hydrogen-bond acceptors (Lipinski definition) is 4. The number of Topliss-reactive ketones (excluding diaryl/α,β-unsaturated/α-hetero) is 1. The van der Waals surface area contributed by atoms with Crippen molar-refractivity contribution in [2.24, 2.45) is 5.41 Å². The molecule has 0 aliphatic rings. The monoisotopic (exact) mass is 528 g/mol. The van der Waals surface area contributed by atoms with Gasteiger partial charge in [-0.25, -0.2) is 0 Å². The molecule has 0 radical (unpaired) electrons. The van der Waals surface area contributed by atoms with Crippen molar-refractivity contribution in [1.29, 1.82) is 0 Å². The molecule has 0 amide bonds. The van der Waals surface area contributed by atoms with Crippen LogP contribution in [-0.2, 0) is 11.0 Å². The summed E-state index contributed by atoms with van der Waals surface area (Å²) >= 11 is 0. The summed E-state index contributed by atoms with van der Waals surface area (Å²) in [6, 6.07) is 24.6. The van der Waals surface area contributed by atoms with Crippen LogP contribution in [-0.4, -0.2) is 21.2 Å². The highest BCUT2D eigenvalue weighted by Gasteiger charge is 2.44. The average Bonchev–Trinajstić information content (AvgIpc) is 3.27. The van der Waals surface area contributed by atoms with Crippen molar-refractivity contribution >= 4 is 30.3 Å². The fourth-order valence-electron chi connectivity index (χ4n) is 5.41. The Kier molecular flexibility index (Phi) is 8.00. The fourth-order valence-corrected chi connectivity index (χ4v) is 10.0. The molecular formula is C33H40O4Si. The Balaban J connectivity index is 1.93. The van der Waals surface area contributed by atoms with Gasteiger partial charge in [-0.1, -0.05) is 97.0 Å². The van der Waals surface area contributed by atoms with E-state index in [-0.39, 0.29) is 5.78 Å². The van der Waals surface area contributed by atoms with Gasteiger partial charge in [-0.15, -0.1) is 0 Å². The van der Waals surface area contributed by atoms with Gasteiger partial charge in [0.2, 0.25) is 14.1 Å². The van der Waals surface area contributed by atoms with E-state index in [4.69, 9.17) is 13.6 Å². The third kappa shape index (κ3) is 5.23. The molecule has 3 aromatic carbocycles. The fraction of sp³-hybridized carbons (Fsp3) is 0.364. The molecule has 0 spiro atoms. The Hall–Kier alpha value is -3.15. The van der Waals surface area contributed by atoms with E-state index in [0.717, 1.165) is 22.3 Å². The highest BCUT2D eigenvalue weighted by Crippen LogP contribution is 2.40. The molecule has 1 aromatic heterocycles. The van der Waals surface area contributed by atoms with Crippen LogP contribution < -0.4 is 9.92 Å². The SMILES string of the molecule is COc1ccc(-c2c(C(=O)C(C)(C)C)oc3ccc([Si](OCc4ccccc4)(C(C)C)C(C)C)cc23)cc1. The molecule has 0 bridgehead atoms. The normalized spacial score (nSPS) is 12.5. The zero-order chi connectivity index (χ0) is 27.7. The molecule has 0 fully saturated rings. The number of hydrogen-bond donors (Lipinski definition) is 0. The molecule has 4 rings (SSSR count). The zero-order valence-corrected chi connectivity index (χ0v) is 24.9. The van der Waals surface area contributed by atoms with Crippen molar-refractivity contribution in [1.82, 2.24) is 0 Å². The number of furan rings is 1. The van der Waals surface area contributed by atoms with Crippen molar-refractivity contribution in [3.05, 3.63) is 84.1 Å². The van der Waals surface area contributed by atoms with Crippen molar-refractivity contribution in [3.63, 3.8) is 0 Å². The molecule has 4 aromatic rings. The lowest BCUT2D eigenvalue weighted by Gasteiger charge is -2.39. The number of ether oxygens (including phenoxy) is 1. The molecular weight excluding hydrogens is 488 g/mol. The summed E-state index contributed by atoms with van der Waals surface area (Å²) in [5.74, 6) is 1.16. The van der Waals surface area contributed by atoms with Gasteiger partial charge in [-0.05, 0) is 51.7 Å². The number of carbonyl (C=O) groups excluding carboxylic acids is 1. The lowest BCUT2D eigenvalue weighted by atomic mass is 9.86. The Morgan fingerprint density at radius 3 is 2.08 bits per heavy atom. The number of carbonyl (C=O) groups is 1. The van der Waals surface area contributed by atoms with Crippen LogP contribution in [0.25, 0.3) is 22.1 Å². The molecule has 0 aliphatic carbocycles. The second-order valence-electron chi connectivity index (χ2n) is 11.7. The number of methoxy groups -OCH3 is 1. The van der Waals surface area contributed by atoms with Crippen LogP contribution in [0.4, 0.5) is 0 Å². The van der Waals surface area contributed by atoms with Gasteiger partial charge < -0.3 is 13.6 Å². The molecule has 1 heterocycles. The summed E-state index contributed by atoms with van der Waals surface area (Å²) in [6.45, 7) is 15.5. The number of benzene rings is 3. The van der Waals surface area contributed by atoms with Crippen LogP contribution in [0.15, 0.2) is 77.2 Å². The maximum atomic E-state index is 13.6. The first-order valence-corrected chi connectivity index (χ1v) is 15.5. The highest BCUT2D eigenvalue weighted by atomic mass is 28.4. The number of ketones is 1. The van der Waals surface area contributed by atoms with Gasteiger partial charge >= 0.3 is 0 Å². The third-order valence-electron chi connectivity index (χ3n) is 7.44. The van der Waals surface area contributed by atoms with Crippen molar-refractivity contribution in [2.75, 3.05) is 7.11 Å². The summed E-state index contributed by atoms with van der Waals surface area (Å²) in [4.78, 5) is 13.6. The third-order valence-corrected chi connectivity index (χ3v) is 12.7. The molecule has 0 saturated carbocycles. The van der Waals surface area contributed by atoms with Gasteiger partial charge in [0.25, 0.3) is 0 Å². The number of fused-ring (bicyclic) bond motifs is 1. The second-order valence-corrected chi connectivity index (χ2v) is 16.5. The minimum Gasteiger partial charge on any atom is -0.497 e. The minimum atomic E-state index is -2.47. The summed E-state index contributed by atoms with van der Waals surface area (Å²) < 4.78 is 18.7. The van der Waals surface area contributed by atoms with E-state index in [2.05, 4.69) is 64.1 Å². The van der Waals surface area contributed by atoms with Gasteiger partial charge in [0.1, 0.15) is 11.3 Å². The standard InChI is InChI=1S/C33H40O4Si/c1-22(2)38(23(3)4,36-21-24-12-10-9-11-13-24)27-18-19-29-28(20-27)30(25-14-16-26(35-8)17-15-25)31(37-29)32(34)33(5,6)7/h9-20,22-23H,21H2,1-8H3. The van der Waals surface area contributed by atoms with Crippen LogP contribution in [0.3, 0.4) is 0 Å². The van der Waals surface area contributed by atoms with E-state index in [1.54, 1.807) is 7.11 Å². The highest BCUT2D eigenvalue weighted by molar-refractivity contribution is 6.88. The van der Waals surface area contributed by atoms with E-state index < -0.39 is 13.7 Å². The predicted octanol–water partition coefficient (Wildman–Crippen LogP) is 8.53. The molecule has 0 saturated heterocycles. The molecule has 0 aliphatic heterocycles. The summed E-state index contributed by atoms with van der Waals surface area (Å²) in [5.41, 5.74) is 3.76. The van der Waals surface area contributed by atoms with Crippen molar-refractivity contribution in [3.8, 4) is 16.9 Å². The Morgan fingerprint density at radius 2 is 1.53 bits per heavy atom.